The van der Waals surface area contributed by atoms with Crippen LogP contribution < -0.4 is 0 Å². The van der Waals surface area contributed by atoms with Gasteiger partial charge in [-0.2, -0.15) is 0 Å². The molecule has 0 fully saturated rings. The van der Waals surface area contributed by atoms with E-state index in [0.717, 1.165) is 25.7 Å². The summed E-state index contributed by atoms with van der Waals surface area (Å²) in [6.07, 6.45) is 4.78. The topological polar surface area (TPSA) is 54.4 Å². The van der Waals surface area contributed by atoms with Crippen LogP contribution in [0.25, 0.3) is 0 Å². The lowest BCUT2D eigenvalue weighted by atomic mass is 9.89. The molecule has 1 N–H and O–H groups in total. The zero-order valence-corrected chi connectivity index (χ0v) is 9.95. The van der Waals surface area contributed by atoms with Crippen LogP contribution in [0.3, 0.4) is 0 Å². The predicted octanol–water partition coefficient (Wildman–Crippen LogP) is 2.88. The number of carbonyl (C=O) groups is 2. The van der Waals surface area contributed by atoms with Gasteiger partial charge in [-0.15, -0.1) is 0 Å². The fourth-order valence-corrected chi connectivity index (χ4v) is 1.45. The minimum Gasteiger partial charge on any atom is -0.481 e. The Morgan fingerprint density at radius 2 is 1.67 bits per heavy atom. The van der Waals surface area contributed by atoms with Crippen molar-refractivity contribution >= 4 is 11.8 Å². The first kappa shape index (κ1) is 14.1. The van der Waals surface area contributed by atoms with Gasteiger partial charge in [-0.05, 0) is 6.42 Å². The molecular weight excluding hydrogens is 192 g/mol. The van der Waals surface area contributed by atoms with Crippen molar-refractivity contribution in [2.45, 2.75) is 52.9 Å². The molecule has 0 bridgehead atoms. The Bertz CT molecular complexity index is 211. The molecule has 0 aliphatic rings. The Balaban J connectivity index is 3.84. The maximum Gasteiger partial charge on any atom is 0.306 e. The number of aliphatic carboxylic acids is 1. The second kappa shape index (κ2) is 7.43. The number of rotatable bonds is 8. The van der Waals surface area contributed by atoms with Crippen LogP contribution in [-0.2, 0) is 9.59 Å². The number of hydrogen-bond donors (Lipinski definition) is 1. The first-order chi connectivity index (χ1) is 7.00. The molecule has 0 spiro atoms. The molecule has 0 saturated heterocycles. The second-order valence-electron chi connectivity index (χ2n) is 4.19. The van der Waals surface area contributed by atoms with Crippen LogP contribution in [-0.4, -0.2) is 16.9 Å². The number of unbranched alkanes of at least 4 members (excludes halogenated alkanes) is 3. The summed E-state index contributed by atoms with van der Waals surface area (Å²) in [6.45, 7) is 5.43. The summed E-state index contributed by atoms with van der Waals surface area (Å²) in [5.41, 5.74) is 0. The van der Waals surface area contributed by atoms with Gasteiger partial charge in [0.05, 0.1) is 5.92 Å². The van der Waals surface area contributed by atoms with Crippen LogP contribution in [0, 0.1) is 11.8 Å². The monoisotopic (exact) mass is 214 g/mol. The lowest BCUT2D eigenvalue weighted by Gasteiger charge is -2.14. The van der Waals surface area contributed by atoms with Crippen molar-refractivity contribution in [3.8, 4) is 0 Å². The highest BCUT2D eigenvalue weighted by Crippen LogP contribution is 2.16. The fraction of sp³-hybridized carbons (Fsp3) is 0.833. The van der Waals surface area contributed by atoms with Gasteiger partial charge < -0.3 is 5.11 Å². The minimum atomic E-state index is -0.885. The normalized spacial score (nSPS) is 14.6. The average molecular weight is 214 g/mol. The number of hydrogen-bond acceptors (Lipinski definition) is 2. The molecule has 0 amide bonds. The summed E-state index contributed by atoms with van der Waals surface area (Å²) < 4.78 is 0. The van der Waals surface area contributed by atoms with Crippen LogP contribution in [0.1, 0.15) is 52.9 Å². The highest BCUT2D eigenvalue weighted by Gasteiger charge is 2.24. The molecule has 0 aromatic rings. The number of carboxylic acid groups (broad SMARTS) is 1. The van der Waals surface area contributed by atoms with Crippen molar-refractivity contribution < 1.29 is 14.7 Å². The zero-order chi connectivity index (χ0) is 11.8. The van der Waals surface area contributed by atoms with Crippen molar-refractivity contribution in [2.24, 2.45) is 11.8 Å². The first-order valence-electron chi connectivity index (χ1n) is 5.76. The molecule has 0 aromatic heterocycles. The van der Waals surface area contributed by atoms with E-state index in [1.165, 1.54) is 0 Å². The molecule has 0 heterocycles. The van der Waals surface area contributed by atoms with Gasteiger partial charge in [0, 0.05) is 12.3 Å². The summed E-state index contributed by atoms with van der Waals surface area (Å²) in [5, 5.41) is 8.76. The van der Waals surface area contributed by atoms with E-state index in [0.29, 0.717) is 6.42 Å². The van der Waals surface area contributed by atoms with Gasteiger partial charge in [0.25, 0.3) is 0 Å². The Morgan fingerprint density at radius 1 is 1.07 bits per heavy atom. The lowest BCUT2D eigenvalue weighted by molar-refractivity contribution is -0.145. The molecule has 2 unspecified atom stereocenters. The van der Waals surface area contributed by atoms with Gasteiger partial charge >= 0.3 is 5.97 Å². The minimum absolute atomic E-state index is 0.0843. The number of carboxylic acids is 1. The molecule has 2 atom stereocenters. The van der Waals surface area contributed by atoms with Crippen LogP contribution >= 0.6 is 0 Å². The maximum atomic E-state index is 11.6. The van der Waals surface area contributed by atoms with Crippen LogP contribution in [0.4, 0.5) is 0 Å². The molecule has 3 heteroatoms. The maximum absolute atomic E-state index is 11.6. The third-order valence-electron chi connectivity index (χ3n) is 2.92. The summed E-state index contributed by atoms with van der Waals surface area (Å²) in [6, 6.07) is 0. The van der Waals surface area contributed by atoms with E-state index in [2.05, 4.69) is 6.92 Å². The van der Waals surface area contributed by atoms with E-state index in [-0.39, 0.29) is 11.7 Å². The number of Topliss-reactive ketones (excluding diaryl/α,β-unsaturated/α-hetero) is 1. The number of ketones is 1. The standard InChI is InChI=1S/C12H22O3/c1-4-5-6-7-8-11(13)9(2)10(3)12(14)15/h9-10H,4-8H2,1-3H3,(H,14,15). The first-order valence-corrected chi connectivity index (χ1v) is 5.76. The van der Waals surface area contributed by atoms with Gasteiger partial charge in [0.2, 0.25) is 0 Å². The molecule has 0 rings (SSSR count). The Hall–Kier alpha value is -0.860. The van der Waals surface area contributed by atoms with Crippen molar-refractivity contribution in [3.05, 3.63) is 0 Å². The Labute approximate surface area is 91.9 Å². The summed E-state index contributed by atoms with van der Waals surface area (Å²) >= 11 is 0. The predicted molar refractivity (Wildman–Crippen MR) is 59.7 cm³/mol. The summed E-state index contributed by atoms with van der Waals surface area (Å²) in [4.78, 5) is 22.3. The Kier molecular flexibility index (Phi) is 7.01. The van der Waals surface area contributed by atoms with Crippen LogP contribution in [0.2, 0.25) is 0 Å². The van der Waals surface area contributed by atoms with Gasteiger partial charge in [0.1, 0.15) is 5.78 Å². The molecule has 0 radical (unpaired) electrons. The lowest BCUT2D eigenvalue weighted by Crippen LogP contribution is -2.25. The molecule has 88 valence electrons. The summed E-state index contributed by atoms with van der Waals surface area (Å²) in [7, 11) is 0. The zero-order valence-electron chi connectivity index (χ0n) is 9.95. The van der Waals surface area contributed by atoms with E-state index in [4.69, 9.17) is 5.11 Å². The van der Waals surface area contributed by atoms with Crippen molar-refractivity contribution in [3.63, 3.8) is 0 Å². The SMILES string of the molecule is CCCCCCC(=O)C(C)C(C)C(=O)O. The largest absolute Gasteiger partial charge is 0.481 e. The quantitative estimate of drug-likeness (QED) is 0.632. The highest BCUT2D eigenvalue weighted by atomic mass is 16.4. The highest BCUT2D eigenvalue weighted by molar-refractivity contribution is 5.85. The van der Waals surface area contributed by atoms with Gasteiger partial charge in [-0.1, -0.05) is 40.0 Å². The third-order valence-corrected chi connectivity index (χ3v) is 2.92. The van der Waals surface area contributed by atoms with E-state index < -0.39 is 11.9 Å². The second-order valence-corrected chi connectivity index (χ2v) is 4.19. The Morgan fingerprint density at radius 3 is 2.13 bits per heavy atom. The summed E-state index contributed by atoms with van der Waals surface area (Å²) in [5.74, 6) is -1.72. The number of carbonyl (C=O) groups excluding carboxylic acids is 1. The average Bonchev–Trinajstić information content (AvgIpc) is 2.21. The van der Waals surface area contributed by atoms with E-state index in [1.54, 1.807) is 13.8 Å². The fourth-order valence-electron chi connectivity index (χ4n) is 1.45. The van der Waals surface area contributed by atoms with Gasteiger partial charge in [-0.3, -0.25) is 9.59 Å². The third kappa shape index (κ3) is 5.55. The van der Waals surface area contributed by atoms with Gasteiger partial charge in [-0.25, -0.2) is 0 Å². The van der Waals surface area contributed by atoms with E-state index in [1.807, 2.05) is 0 Å². The molecule has 0 aromatic carbocycles. The van der Waals surface area contributed by atoms with Crippen LogP contribution in [0.15, 0.2) is 0 Å². The smallest absolute Gasteiger partial charge is 0.306 e. The molecule has 0 aliphatic heterocycles. The van der Waals surface area contributed by atoms with Crippen molar-refractivity contribution in [1.29, 1.82) is 0 Å². The van der Waals surface area contributed by atoms with Crippen molar-refractivity contribution in [2.75, 3.05) is 0 Å². The molecule has 3 nitrogen and oxygen atoms in total. The van der Waals surface area contributed by atoms with E-state index in [9.17, 15) is 9.59 Å². The van der Waals surface area contributed by atoms with Crippen LogP contribution in [0.5, 0.6) is 0 Å². The van der Waals surface area contributed by atoms with E-state index >= 15 is 0 Å². The molecule has 15 heavy (non-hydrogen) atoms. The molecular formula is C12H22O3. The van der Waals surface area contributed by atoms with Crippen molar-refractivity contribution in [1.82, 2.24) is 0 Å². The van der Waals surface area contributed by atoms with Gasteiger partial charge in [0.15, 0.2) is 0 Å². The molecule has 0 saturated carbocycles. The molecule has 0 aliphatic carbocycles.